The van der Waals surface area contributed by atoms with E-state index in [2.05, 4.69) is 11.2 Å². The smallest absolute Gasteiger partial charge is 0.238 e. The fourth-order valence-corrected chi connectivity index (χ4v) is 9.42. The van der Waals surface area contributed by atoms with Crippen molar-refractivity contribution < 1.29 is 23.9 Å². The first-order chi connectivity index (χ1) is 20.6. The highest BCUT2D eigenvalue weighted by Gasteiger charge is 2.70. The maximum absolute atomic E-state index is 14.0. The van der Waals surface area contributed by atoms with Crippen molar-refractivity contribution in [2.75, 3.05) is 12.0 Å². The molecule has 212 valence electrons. The number of hydrogen-bond acceptors (Lipinski definition) is 8. The molecular weight excluding hydrogens is 550 g/mol. The zero-order chi connectivity index (χ0) is 28.5. The second-order valence-corrected chi connectivity index (χ2v) is 12.9. The third kappa shape index (κ3) is 3.61. The van der Waals surface area contributed by atoms with Crippen molar-refractivity contribution in [3.8, 4) is 17.6 Å². The molecule has 5 aliphatic rings. The van der Waals surface area contributed by atoms with Gasteiger partial charge in [0.25, 0.3) is 0 Å². The van der Waals surface area contributed by atoms with Crippen LogP contribution in [0.15, 0.2) is 53.7 Å². The number of hydrogen-bond donors (Lipinski definition) is 0. The van der Waals surface area contributed by atoms with Gasteiger partial charge in [-0.25, -0.2) is 4.90 Å². The number of benzene rings is 2. The highest BCUT2D eigenvalue weighted by atomic mass is 32.1. The van der Waals surface area contributed by atoms with Crippen molar-refractivity contribution in [2.45, 2.75) is 44.8 Å². The molecule has 0 radical (unpaired) electrons. The zero-order valence-corrected chi connectivity index (χ0v) is 23.9. The molecule has 2 amide bonds. The van der Waals surface area contributed by atoms with E-state index in [1.54, 1.807) is 7.11 Å². The number of carbonyl (C=O) groups excluding carboxylic acids is 2. The van der Waals surface area contributed by atoms with Crippen LogP contribution < -0.4 is 14.4 Å². The number of fused-ring (bicyclic) bond motifs is 9. The second-order valence-electron chi connectivity index (χ2n) is 11.8. The molecular formula is C33H29N3O5S. The van der Waals surface area contributed by atoms with Crippen LogP contribution in [0.1, 0.15) is 46.4 Å². The summed E-state index contributed by atoms with van der Waals surface area (Å²) in [7, 11) is 1.61. The lowest BCUT2D eigenvalue weighted by atomic mass is 9.71. The Kier molecular flexibility index (Phi) is 5.90. The van der Waals surface area contributed by atoms with Crippen LogP contribution >= 0.6 is 11.3 Å². The largest absolute Gasteiger partial charge is 0.493 e. The van der Waals surface area contributed by atoms with Crippen LogP contribution in [-0.2, 0) is 33.9 Å². The number of amides is 2. The summed E-state index contributed by atoms with van der Waals surface area (Å²) in [5.74, 6) is -0.169. The van der Waals surface area contributed by atoms with Crippen molar-refractivity contribution in [1.29, 1.82) is 5.26 Å². The third-order valence-electron chi connectivity index (χ3n) is 9.85. The molecule has 3 aromatic rings. The van der Waals surface area contributed by atoms with Gasteiger partial charge in [-0.2, -0.15) is 5.26 Å². The predicted molar refractivity (Wildman–Crippen MR) is 155 cm³/mol. The summed E-state index contributed by atoms with van der Waals surface area (Å²) in [4.78, 5) is 36.4. The van der Waals surface area contributed by atoms with Crippen molar-refractivity contribution in [1.82, 2.24) is 0 Å². The van der Waals surface area contributed by atoms with Crippen LogP contribution in [0, 0.1) is 40.9 Å². The number of ether oxygens (including phenoxy) is 2. The molecule has 1 saturated heterocycles. The third-order valence-corrected chi connectivity index (χ3v) is 11.1. The van der Waals surface area contributed by atoms with Crippen LogP contribution in [0.4, 0.5) is 5.00 Å². The monoisotopic (exact) mass is 579 g/mol. The molecule has 9 heteroatoms. The first-order valence-electron chi connectivity index (χ1n) is 14.6. The summed E-state index contributed by atoms with van der Waals surface area (Å²) in [5, 5.41) is 15.0. The first kappa shape index (κ1) is 25.5. The molecule has 42 heavy (non-hydrogen) atoms. The van der Waals surface area contributed by atoms with Gasteiger partial charge in [0.05, 0.1) is 30.2 Å². The number of rotatable bonds is 6. The second kappa shape index (κ2) is 9.70. The number of methoxy groups -OCH3 is 1. The Hall–Kier alpha value is -4.16. The Balaban J connectivity index is 1.07. The van der Waals surface area contributed by atoms with Gasteiger partial charge in [0, 0.05) is 22.3 Å². The fraction of sp³-hybridized carbons (Fsp3) is 0.394. The van der Waals surface area contributed by atoms with E-state index in [9.17, 15) is 14.9 Å². The minimum Gasteiger partial charge on any atom is -0.493 e. The first-order valence-corrected chi connectivity index (χ1v) is 15.4. The predicted octanol–water partition coefficient (Wildman–Crippen LogP) is 5.26. The molecule has 6 atom stereocenters. The van der Waals surface area contributed by atoms with Crippen LogP contribution in [0.2, 0.25) is 0 Å². The number of carbonyl (C=O) groups is 2. The van der Waals surface area contributed by atoms with Crippen molar-refractivity contribution in [2.24, 2.45) is 34.7 Å². The number of nitriles is 1. The summed E-state index contributed by atoms with van der Waals surface area (Å²) < 4.78 is 11.7. The SMILES string of the molecule is COc1cc(C2=NO[C@H]3[C@@H]4C[C@@H]([C@@H]23)[C@H]2C(=O)N(c3sc5c(c3C#N)CCCC5)C(=O)[C@H]42)ccc1OCc1ccccc1. The lowest BCUT2D eigenvalue weighted by molar-refractivity contribution is -0.125. The van der Waals surface area contributed by atoms with Gasteiger partial charge in [-0.3, -0.25) is 9.59 Å². The maximum atomic E-state index is 14.0. The Morgan fingerprint density at radius 1 is 1.02 bits per heavy atom. The average Bonchev–Trinajstić information content (AvgIpc) is 3.82. The molecule has 8 nitrogen and oxygen atoms in total. The molecule has 3 heterocycles. The number of thiophene rings is 1. The van der Waals surface area contributed by atoms with Gasteiger partial charge in [-0.1, -0.05) is 35.5 Å². The molecule has 2 saturated carbocycles. The van der Waals surface area contributed by atoms with Gasteiger partial charge in [0.2, 0.25) is 11.8 Å². The van der Waals surface area contributed by atoms with Crippen LogP contribution in [0.3, 0.4) is 0 Å². The number of imide groups is 1. The number of oxime groups is 1. The van der Waals surface area contributed by atoms with Crippen molar-refractivity contribution in [3.05, 3.63) is 75.7 Å². The Morgan fingerprint density at radius 2 is 1.81 bits per heavy atom. The topological polar surface area (TPSA) is 101 Å². The minimum absolute atomic E-state index is 0.0483. The Labute approximate surface area is 247 Å². The van der Waals surface area contributed by atoms with Gasteiger partial charge in [0.1, 0.15) is 23.8 Å². The summed E-state index contributed by atoms with van der Waals surface area (Å²) in [6, 6.07) is 18.0. The number of nitrogens with zero attached hydrogens (tertiary/aromatic N) is 3. The molecule has 0 spiro atoms. The standard InChI is InChI=1S/C33H29N3O5S/c1-39-24-13-18(11-12-23(24)40-16-17-7-3-2-4-8-17)29-28-20-14-21(30(28)41-35-29)27-26(20)31(37)36(32(27)38)33-22(15-34)19-9-5-6-10-25(19)42-33/h2-4,7-8,11-13,20-21,26-28,30H,5-6,9-10,14,16H2,1H3/t20-,21-,26-,27-,28+,30+/m1/s1. The van der Waals surface area contributed by atoms with Gasteiger partial charge >= 0.3 is 0 Å². The van der Waals surface area contributed by atoms with Crippen LogP contribution in [0.5, 0.6) is 11.5 Å². The lowest BCUT2D eigenvalue weighted by Gasteiger charge is -2.29. The van der Waals surface area contributed by atoms with Crippen LogP contribution in [0.25, 0.3) is 0 Å². The quantitative estimate of drug-likeness (QED) is 0.369. The molecule has 8 rings (SSSR count). The highest BCUT2D eigenvalue weighted by molar-refractivity contribution is 7.17. The molecule has 2 bridgehead atoms. The molecule has 1 aromatic heterocycles. The molecule has 0 N–H and O–H groups in total. The van der Waals surface area contributed by atoms with Gasteiger partial charge in [-0.05, 0) is 67.3 Å². The molecule has 3 fully saturated rings. The van der Waals surface area contributed by atoms with Gasteiger partial charge in [0.15, 0.2) is 11.5 Å². The molecule has 2 aliphatic heterocycles. The Bertz CT molecular complexity index is 1690. The average molecular weight is 580 g/mol. The Morgan fingerprint density at radius 3 is 2.60 bits per heavy atom. The molecule has 3 aliphatic carbocycles. The summed E-state index contributed by atoms with van der Waals surface area (Å²) in [5.41, 5.74) is 4.27. The lowest BCUT2D eigenvalue weighted by Crippen LogP contribution is -2.41. The van der Waals surface area contributed by atoms with E-state index in [1.165, 1.54) is 16.2 Å². The van der Waals surface area contributed by atoms with E-state index in [1.807, 2.05) is 48.5 Å². The van der Waals surface area contributed by atoms with E-state index < -0.39 is 11.8 Å². The number of aryl methyl sites for hydroxylation is 1. The van der Waals surface area contributed by atoms with Gasteiger partial charge in [-0.15, -0.1) is 11.3 Å². The van der Waals surface area contributed by atoms with Crippen molar-refractivity contribution >= 4 is 33.9 Å². The van der Waals surface area contributed by atoms with Crippen LogP contribution in [-0.4, -0.2) is 30.7 Å². The summed E-state index contributed by atoms with van der Waals surface area (Å²) in [6.45, 7) is 0.422. The van der Waals surface area contributed by atoms with E-state index in [4.69, 9.17) is 14.3 Å². The minimum atomic E-state index is -0.424. The molecule has 2 aromatic carbocycles. The van der Waals surface area contributed by atoms with E-state index >= 15 is 0 Å². The number of anilines is 1. The maximum Gasteiger partial charge on any atom is 0.238 e. The molecule has 0 unspecified atom stereocenters. The highest BCUT2D eigenvalue weighted by Crippen LogP contribution is 2.62. The zero-order valence-electron chi connectivity index (χ0n) is 23.1. The summed E-state index contributed by atoms with van der Waals surface area (Å²) in [6.07, 6.45) is 4.36. The van der Waals surface area contributed by atoms with E-state index in [0.29, 0.717) is 28.7 Å². The van der Waals surface area contributed by atoms with Gasteiger partial charge < -0.3 is 14.3 Å². The normalized spacial score (nSPS) is 28.6. The van der Waals surface area contributed by atoms with E-state index in [-0.39, 0.29) is 35.7 Å². The summed E-state index contributed by atoms with van der Waals surface area (Å²) >= 11 is 1.46. The fourth-order valence-electron chi connectivity index (χ4n) is 8.07. The van der Waals surface area contributed by atoms with E-state index in [0.717, 1.165) is 59.4 Å². The van der Waals surface area contributed by atoms with Crippen molar-refractivity contribution in [3.63, 3.8) is 0 Å².